The largest absolute Gasteiger partial charge is 0.477 e. The van der Waals surface area contributed by atoms with Crippen LogP contribution in [0.2, 0.25) is 0 Å². The van der Waals surface area contributed by atoms with E-state index in [0.717, 1.165) is 23.1 Å². The van der Waals surface area contributed by atoms with E-state index in [-0.39, 0.29) is 15.7 Å². The molecule has 21 heavy (non-hydrogen) atoms. The number of hydrogen-bond donors (Lipinski definition) is 2. The summed E-state index contributed by atoms with van der Waals surface area (Å²) in [6, 6.07) is 1.12. The molecule has 9 heteroatoms. The van der Waals surface area contributed by atoms with Crippen molar-refractivity contribution < 1.29 is 18.3 Å². The Hall–Kier alpha value is -1.87. The van der Waals surface area contributed by atoms with E-state index in [1.165, 1.54) is 29.1 Å². The number of aromatic nitrogens is 2. The Morgan fingerprint density at radius 1 is 1.52 bits per heavy atom. The van der Waals surface area contributed by atoms with Gasteiger partial charge in [-0.05, 0) is 19.4 Å². The molecule has 0 atom stereocenters. The lowest BCUT2D eigenvalue weighted by Crippen LogP contribution is -2.12. The fourth-order valence-corrected chi connectivity index (χ4v) is 4.07. The van der Waals surface area contributed by atoms with Crippen molar-refractivity contribution in [2.24, 2.45) is 7.05 Å². The molecule has 0 bridgehead atoms. The van der Waals surface area contributed by atoms with E-state index >= 15 is 0 Å². The normalized spacial score (nSPS) is 11.6. The maximum Gasteiger partial charge on any atom is 0.352 e. The van der Waals surface area contributed by atoms with Crippen molar-refractivity contribution in [3.63, 3.8) is 0 Å². The molecule has 0 spiro atoms. The molecule has 0 unspecified atom stereocenters. The van der Waals surface area contributed by atoms with E-state index in [1.807, 2.05) is 13.8 Å². The van der Waals surface area contributed by atoms with Gasteiger partial charge in [-0.15, -0.1) is 11.3 Å². The summed E-state index contributed by atoms with van der Waals surface area (Å²) in [4.78, 5) is 16.0. The van der Waals surface area contributed by atoms with Crippen molar-refractivity contribution in [1.82, 2.24) is 9.55 Å². The van der Waals surface area contributed by atoms with E-state index in [0.29, 0.717) is 0 Å². The van der Waals surface area contributed by atoms with Crippen LogP contribution >= 0.6 is 11.3 Å². The van der Waals surface area contributed by atoms with E-state index in [1.54, 1.807) is 0 Å². The van der Waals surface area contributed by atoms with Gasteiger partial charge in [-0.3, -0.25) is 4.72 Å². The van der Waals surface area contributed by atoms with Crippen LogP contribution in [0.3, 0.4) is 0 Å². The molecular weight excluding hydrogens is 314 g/mol. The Morgan fingerprint density at radius 3 is 2.67 bits per heavy atom. The monoisotopic (exact) mass is 329 g/mol. The molecule has 0 radical (unpaired) electrons. The zero-order valence-electron chi connectivity index (χ0n) is 11.7. The van der Waals surface area contributed by atoms with Crippen LogP contribution in [0.1, 0.15) is 28.0 Å². The number of carboxylic acids is 1. The van der Waals surface area contributed by atoms with Crippen LogP contribution in [0.5, 0.6) is 0 Å². The first-order chi connectivity index (χ1) is 9.74. The molecule has 2 aromatic heterocycles. The predicted octanol–water partition coefficient (Wildman–Crippen LogP) is 1.85. The standard InChI is InChI=1S/C12H15N3O4S2/c1-4-9-7(2)20-12(13-9)14-21(18,19)8-5-10(11(16)17)15(3)6-8/h5-6H,4H2,1-3H3,(H,13,14)(H,16,17). The van der Waals surface area contributed by atoms with Crippen LogP contribution in [0.4, 0.5) is 5.13 Å². The van der Waals surface area contributed by atoms with Gasteiger partial charge in [-0.2, -0.15) is 0 Å². The number of carbonyl (C=O) groups is 1. The fraction of sp³-hybridized carbons (Fsp3) is 0.333. The number of hydrogen-bond acceptors (Lipinski definition) is 5. The highest BCUT2D eigenvalue weighted by molar-refractivity contribution is 7.93. The summed E-state index contributed by atoms with van der Waals surface area (Å²) in [6.07, 6.45) is 1.98. The van der Waals surface area contributed by atoms with Crippen molar-refractivity contribution in [1.29, 1.82) is 0 Å². The lowest BCUT2D eigenvalue weighted by molar-refractivity contribution is 0.0686. The maximum atomic E-state index is 12.2. The van der Waals surface area contributed by atoms with Gasteiger partial charge < -0.3 is 9.67 Å². The summed E-state index contributed by atoms with van der Waals surface area (Å²) in [6.45, 7) is 3.82. The van der Waals surface area contributed by atoms with Gasteiger partial charge in [-0.25, -0.2) is 18.2 Å². The highest BCUT2D eigenvalue weighted by Crippen LogP contribution is 2.25. The number of aromatic carboxylic acids is 1. The van der Waals surface area contributed by atoms with E-state index < -0.39 is 16.0 Å². The average Bonchev–Trinajstić information content (AvgIpc) is 2.92. The topological polar surface area (TPSA) is 101 Å². The van der Waals surface area contributed by atoms with Crippen LogP contribution < -0.4 is 4.72 Å². The van der Waals surface area contributed by atoms with Gasteiger partial charge in [0.25, 0.3) is 10.0 Å². The molecule has 0 saturated heterocycles. The summed E-state index contributed by atoms with van der Waals surface area (Å²) in [5, 5.41) is 9.24. The first-order valence-electron chi connectivity index (χ1n) is 6.13. The third-order valence-electron chi connectivity index (χ3n) is 2.96. The Labute approximate surface area is 126 Å². The molecule has 2 rings (SSSR count). The second-order valence-electron chi connectivity index (χ2n) is 4.46. The third kappa shape index (κ3) is 3.08. The molecule has 114 valence electrons. The molecule has 0 saturated carbocycles. The van der Waals surface area contributed by atoms with Crippen molar-refractivity contribution >= 4 is 32.5 Å². The molecule has 0 aromatic carbocycles. The molecular formula is C12H15N3O4S2. The zero-order valence-corrected chi connectivity index (χ0v) is 13.4. The Bertz CT molecular complexity index is 790. The molecule has 0 aliphatic carbocycles. The van der Waals surface area contributed by atoms with E-state index in [4.69, 9.17) is 5.11 Å². The Morgan fingerprint density at radius 2 is 2.19 bits per heavy atom. The summed E-state index contributed by atoms with van der Waals surface area (Å²) in [7, 11) is -2.37. The van der Waals surface area contributed by atoms with Crippen LogP contribution in [-0.2, 0) is 23.5 Å². The first kappa shape index (κ1) is 15.5. The SMILES string of the molecule is CCc1nc(NS(=O)(=O)c2cc(C(=O)O)n(C)c2)sc1C. The van der Waals surface area contributed by atoms with Gasteiger partial charge in [0.1, 0.15) is 10.6 Å². The minimum atomic E-state index is -3.85. The average molecular weight is 329 g/mol. The number of nitrogens with zero attached hydrogens (tertiary/aromatic N) is 2. The maximum absolute atomic E-state index is 12.2. The molecule has 0 aliphatic rings. The highest BCUT2D eigenvalue weighted by Gasteiger charge is 2.21. The zero-order chi connectivity index (χ0) is 15.8. The van der Waals surface area contributed by atoms with Crippen molar-refractivity contribution in [2.45, 2.75) is 25.2 Å². The molecule has 2 heterocycles. The third-order valence-corrected chi connectivity index (χ3v) is 5.32. The van der Waals surface area contributed by atoms with Crippen LogP contribution in [0, 0.1) is 6.92 Å². The minimum Gasteiger partial charge on any atom is -0.477 e. The summed E-state index contributed by atoms with van der Waals surface area (Å²) < 4.78 is 28.1. The smallest absolute Gasteiger partial charge is 0.352 e. The molecule has 0 fully saturated rings. The van der Waals surface area contributed by atoms with Crippen LogP contribution in [0.25, 0.3) is 0 Å². The van der Waals surface area contributed by atoms with Gasteiger partial charge in [0, 0.05) is 18.1 Å². The van der Waals surface area contributed by atoms with Crippen molar-refractivity contribution in [3.05, 3.63) is 28.5 Å². The molecule has 0 amide bonds. The number of sulfonamides is 1. The van der Waals surface area contributed by atoms with E-state index in [9.17, 15) is 13.2 Å². The molecule has 2 N–H and O–H groups in total. The Kier molecular flexibility index (Phi) is 4.06. The number of anilines is 1. The number of carboxylic acid groups (broad SMARTS) is 1. The van der Waals surface area contributed by atoms with Crippen LogP contribution in [-0.4, -0.2) is 29.0 Å². The number of thiazole rings is 1. The van der Waals surface area contributed by atoms with Crippen molar-refractivity contribution in [2.75, 3.05) is 4.72 Å². The van der Waals surface area contributed by atoms with Crippen molar-refractivity contribution in [3.8, 4) is 0 Å². The highest BCUT2D eigenvalue weighted by atomic mass is 32.2. The number of rotatable bonds is 5. The second kappa shape index (κ2) is 5.49. The number of aryl methyl sites for hydroxylation is 3. The van der Waals surface area contributed by atoms with Gasteiger partial charge in [0.05, 0.1) is 5.69 Å². The van der Waals surface area contributed by atoms with Crippen LogP contribution in [0.15, 0.2) is 17.2 Å². The molecule has 7 nitrogen and oxygen atoms in total. The summed E-state index contributed by atoms with van der Waals surface area (Å²) in [5.41, 5.74) is 0.747. The lowest BCUT2D eigenvalue weighted by atomic mass is 10.3. The molecule has 2 aromatic rings. The van der Waals surface area contributed by atoms with Gasteiger partial charge in [0.2, 0.25) is 0 Å². The predicted molar refractivity (Wildman–Crippen MR) is 79.4 cm³/mol. The molecule has 0 aliphatic heterocycles. The van der Waals surface area contributed by atoms with Gasteiger partial charge in [0.15, 0.2) is 5.13 Å². The minimum absolute atomic E-state index is 0.0973. The quantitative estimate of drug-likeness (QED) is 0.872. The Balaban J connectivity index is 2.33. The van der Waals surface area contributed by atoms with E-state index in [2.05, 4.69) is 9.71 Å². The lowest BCUT2D eigenvalue weighted by Gasteiger charge is -2.01. The fourth-order valence-electron chi connectivity index (χ4n) is 1.87. The van der Waals surface area contributed by atoms with Gasteiger partial charge >= 0.3 is 5.97 Å². The summed E-state index contributed by atoms with van der Waals surface area (Å²) in [5.74, 6) is -1.18. The first-order valence-corrected chi connectivity index (χ1v) is 8.43. The number of nitrogens with one attached hydrogen (secondary N) is 1. The second-order valence-corrected chi connectivity index (χ2v) is 7.34. The van der Waals surface area contributed by atoms with Gasteiger partial charge in [-0.1, -0.05) is 6.92 Å². The summed E-state index contributed by atoms with van der Waals surface area (Å²) >= 11 is 1.25.